The molecule has 0 atom stereocenters. The molecule has 0 amide bonds. The topological polar surface area (TPSA) is 30.7 Å². The smallest absolute Gasteiger partial charge is 0.165 e. The summed E-state index contributed by atoms with van der Waals surface area (Å²) in [4.78, 5) is 10.7. The molecule has 3 aromatic heterocycles. The van der Waals surface area contributed by atoms with Crippen LogP contribution in [0.5, 0.6) is 0 Å². The third-order valence-corrected chi connectivity index (χ3v) is 11.3. The number of benzene rings is 8. The fourth-order valence-electron chi connectivity index (χ4n) is 7.94. The van der Waals surface area contributed by atoms with Crippen molar-refractivity contribution in [1.29, 1.82) is 0 Å². The minimum Gasteiger partial charge on any atom is -0.292 e. The molecule has 0 radical (unpaired) electrons. The van der Waals surface area contributed by atoms with E-state index in [0.717, 1.165) is 39.1 Å². The van der Waals surface area contributed by atoms with E-state index in [1.165, 1.54) is 63.6 Å². The van der Waals surface area contributed by atoms with Crippen molar-refractivity contribution in [3.8, 4) is 28.2 Å². The third-order valence-electron chi connectivity index (χ3n) is 10.2. The molecule has 0 fully saturated rings. The summed E-state index contributed by atoms with van der Waals surface area (Å²) in [6.07, 6.45) is 0. The van der Waals surface area contributed by atoms with Gasteiger partial charge < -0.3 is 0 Å². The zero-order valence-corrected chi connectivity index (χ0v) is 27.7. The van der Waals surface area contributed by atoms with Gasteiger partial charge in [-0.15, -0.1) is 11.3 Å². The second-order valence-electron chi connectivity index (χ2n) is 12.9. The second-order valence-corrected chi connectivity index (χ2v) is 14.0. The molecule has 232 valence electrons. The van der Waals surface area contributed by atoms with E-state index in [2.05, 4.69) is 150 Å². The van der Waals surface area contributed by atoms with Gasteiger partial charge in [-0.1, -0.05) is 121 Å². The van der Waals surface area contributed by atoms with Gasteiger partial charge in [0, 0.05) is 36.5 Å². The van der Waals surface area contributed by atoms with Crippen molar-refractivity contribution >= 4 is 85.9 Å². The molecule has 0 unspecified atom stereocenters. The molecule has 11 rings (SSSR count). The summed E-state index contributed by atoms with van der Waals surface area (Å²) in [5.41, 5.74) is 8.27. The highest BCUT2D eigenvalue weighted by Gasteiger charge is 2.23. The summed E-state index contributed by atoms with van der Waals surface area (Å²) in [7, 11) is 0. The lowest BCUT2D eigenvalue weighted by molar-refractivity contribution is 1.08. The van der Waals surface area contributed by atoms with Gasteiger partial charge in [0.2, 0.25) is 0 Å². The molecule has 0 saturated carbocycles. The van der Waals surface area contributed by atoms with Crippen LogP contribution >= 0.6 is 11.3 Å². The van der Waals surface area contributed by atoms with Crippen LogP contribution in [-0.4, -0.2) is 14.5 Å². The molecule has 11 aromatic rings. The van der Waals surface area contributed by atoms with Gasteiger partial charge in [-0.3, -0.25) is 4.57 Å². The highest BCUT2D eigenvalue weighted by atomic mass is 32.1. The average molecular weight is 654 g/mol. The molecule has 0 saturated heterocycles. The predicted molar refractivity (Wildman–Crippen MR) is 213 cm³/mol. The Kier molecular flexibility index (Phi) is 5.83. The number of aromatic nitrogens is 3. The molecule has 3 heterocycles. The first-order valence-electron chi connectivity index (χ1n) is 16.9. The highest BCUT2D eigenvalue weighted by Crippen LogP contribution is 2.45. The summed E-state index contributed by atoms with van der Waals surface area (Å²) in [5.74, 6) is 0.825. The molecule has 0 aliphatic carbocycles. The molecule has 50 heavy (non-hydrogen) atoms. The quantitative estimate of drug-likeness (QED) is 0.190. The molecule has 0 aliphatic rings. The maximum atomic E-state index is 5.43. The van der Waals surface area contributed by atoms with Crippen molar-refractivity contribution in [2.45, 2.75) is 0 Å². The van der Waals surface area contributed by atoms with Crippen molar-refractivity contribution in [2.24, 2.45) is 0 Å². The van der Waals surface area contributed by atoms with E-state index in [1.807, 2.05) is 29.5 Å². The Morgan fingerprint density at radius 3 is 1.94 bits per heavy atom. The maximum absolute atomic E-state index is 5.43. The van der Waals surface area contributed by atoms with Gasteiger partial charge in [0.05, 0.1) is 22.1 Å². The zero-order chi connectivity index (χ0) is 32.8. The summed E-state index contributed by atoms with van der Waals surface area (Å²) in [5, 5.41) is 9.97. The SMILES string of the molecule is c1ccc(-c2nc3ccccc3nc2-n2c3ccc4ccccc4c3c3c4ccccc4c(-c4ccc5sc6ccccc6c5c4)cc32)cc1. The molecule has 0 spiro atoms. The number of nitrogens with zero attached hydrogens (tertiary/aromatic N) is 3. The van der Waals surface area contributed by atoms with E-state index < -0.39 is 0 Å². The first-order valence-corrected chi connectivity index (χ1v) is 17.7. The van der Waals surface area contributed by atoms with E-state index >= 15 is 0 Å². The van der Waals surface area contributed by atoms with Crippen LogP contribution in [0.1, 0.15) is 0 Å². The lowest BCUT2D eigenvalue weighted by Crippen LogP contribution is -2.03. The average Bonchev–Trinajstić information content (AvgIpc) is 3.73. The van der Waals surface area contributed by atoms with E-state index in [1.54, 1.807) is 0 Å². The molecular weight excluding hydrogens is 627 g/mol. The van der Waals surface area contributed by atoms with Gasteiger partial charge in [-0.05, 0) is 75.1 Å². The van der Waals surface area contributed by atoms with Crippen molar-refractivity contribution in [3.63, 3.8) is 0 Å². The van der Waals surface area contributed by atoms with E-state index in [0.29, 0.717) is 0 Å². The predicted octanol–water partition coefficient (Wildman–Crippen LogP) is 12.7. The number of hydrogen-bond donors (Lipinski definition) is 0. The zero-order valence-electron chi connectivity index (χ0n) is 26.8. The first kappa shape index (κ1) is 27.6. The number of para-hydroxylation sites is 2. The van der Waals surface area contributed by atoms with E-state index in [4.69, 9.17) is 9.97 Å². The molecule has 4 heteroatoms. The highest BCUT2D eigenvalue weighted by molar-refractivity contribution is 7.25. The Bertz CT molecular complexity index is 3150. The standard InChI is InChI=1S/C46H27N3S/c1-2-13-29(14-3-1)45-46(48-38-20-10-9-19-37(38)47-45)49-39-24-22-28-12-4-5-15-31(28)43(39)44-34-18-7-6-16-32(34)35(27-40(44)49)30-23-25-42-36(26-30)33-17-8-11-21-41(33)50-42/h1-27H. The largest absolute Gasteiger partial charge is 0.292 e. The van der Waals surface area contributed by atoms with Crippen LogP contribution in [0.2, 0.25) is 0 Å². The van der Waals surface area contributed by atoms with Crippen molar-refractivity contribution in [2.75, 3.05) is 0 Å². The normalized spacial score (nSPS) is 12.0. The minimum absolute atomic E-state index is 0.825. The van der Waals surface area contributed by atoms with Crippen LogP contribution in [0.4, 0.5) is 0 Å². The van der Waals surface area contributed by atoms with Crippen molar-refractivity contribution in [1.82, 2.24) is 14.5 Å². The van der Waals surface area contributed by atoms with Gasteiger partial charge in [-0.25, -0.2) is 9.97 Å². The third kappa shape index (κ3) is 3.97. The van der Waals surface area contributed by atoms with Crippen LogP contribution in [0.3, 0.4) is 0 Å². The van der Waals surface area contributed by atoms with Crippen LogP contribution in [0, 0.1) is 0 Å². The number of fused-ring (bicyclic) bond motifs is 11. The Morgan fingerprint density at radius 1 is 0.420 bits per heavy atom. The lowest BCUT2D eigenvalue weighted by Gasteiger charge is -2.15. The Morgan fingerprint density at radius 2 is 1.08 bits per heavy atom. The molecule has 0 bridgehead atoms. The van der Waals surface area contributed by atoms with Crippen LogP contribution in [0.25, 0.3) is 103 Å². The summed E-state index contributed by atoms with van der Waals surface area (Å²) >= 11 is 1.86. The van der Waals surface area contributed by atoms with Crippen LogP contribution < -0.4 is 0 Å². The Labute approximate surface area is 291 Å². The van der Waals surface area contributed by atoms with Crippen LogP contribution in [0.15, 0.2) is 164 Å². The van der Waals surface area contributed by atoms with Gasteiger partial charge >= 0.3 is 0 Å². The van der Waals surface area contributed by atoms with E-state index in [9.17, 15) is 0 Å². The van der Waals surface area contributed by atoms with Crippen LogP contribution in [-0.2, 0) is 0 Å². The Balaban J connectivity index is 1.33. The fourth-order valence-corrected chi connectivity index (χ4v) is 9.02. The lowest BCUT2D eigenvalue weighted by atomic mass is 9.93. The van der Waals surface area contributed by atoms with Gasteiger partial charge in [0.25, 0.3) is 0 Å². The molecule has 0 aliphatic heterocycles. The maximum Gasteiger partial charge on any atom is 0.165 e. The number of rotatable bonds is 3. The summed E-state index contributed by atoms with van der Waals surface area (Å²) < 4.78 is 4.99. The first-order chi connectivity index (χ1) is 24.8. The Hall–Kier alpha value is -6.36. The van der Waals surface area contributed by atoms with Gasteiger partial charge in [-0.2, -0.15) is 0 Å². The molecular formula is C46H27N3S. The fraction of sp³-hybridized carbons (Fsp3) is 0. The van der Waals surface area contributed by atoms with E-state index in [-0.39, 0.29) is 0 Å². The molecule has 0 N–H and O–H groups in total. The minimum atomic E-state index is 0.825. The summed E-state index contributed by atoms with van der Waals surface area (Å²) in [6.45, 7) is 0. The second kappa shape index (κ2) is 10.6. The number of thiophene rings is 1. The van der Waals surface area contributed by atoms with Gasteiger partial charge in [0.1, 0.15) is 5.69 Å². The molecule has 3 nitrogen and oxygen atoms in total. The van der Waals surface area contributed by atoms with Gasteiger partial charge in [0.15, 0.2) is 5.82 Å². The van der Waals surface area contributed by atoms with Crippen molar-refractivity contribution < 1.29 is 0 Å². The monoisotopic (exact) mass is 653 g/mol. The number of hydrogen-bond acceptors (Lipinski definition) is 3. The van der Waals surface area contributed by atoms with Crippen molar-refractivity contribution in [3.05, 3.63) is 164 Å². The summed E-state index contributed by atoms with van der Waals surface area (Å²) in [6, 6.07) is 58.9. The molecule has 8 aromatic carbocycles.